The number of nitrogens with zero attached hydrogens (tertiary/aromatic N) is 1. The molecule has 0 atom stereocenters. The molecule has 0 amide bonds. The van der Waals surface area contributed by atoms with Gasteiger partial charge < -0.3 is 15.0 Å². The topological polar surface area (TPSA) is 24.5 Å². The second-order valence-corrected chi connectivity index (χ2v) is 4.90. The van der Waals surface area contributed by atoms with Gasteiger partial charge in [0.25, 0.3) is 0 Å². The zero-order valence-electron chi connectivity index (χ0n) is 12.6. The number of methoxy groups -OCH3 is 1. The lowest BCUT2D eigenvalue weighted by Gasteiger charge is -2.21. The van der Waals surface area contributed by atoms with E-state index in [1.807, 2.05) is 25.2 Å². The Hall–Kier alpha value is -2.00. The van der Waals surface area contributed by atoms with Crippen LogP contribution in [-0.2, 0) is 6.54 Å². The predicted octanol–water partition coefficient (Wildman–Crippen LogP) is 3.49. The second kappa shape index (κ2) is 6.44. The summed E-state index contributed by atoms with van der Waals surface area (Å²) in [6, 6.07) is 14.6. The smallest absolute Gasteiger partial charge is 0.120 e. The summed E-state index contributed by atoms with van der Waals surface area (Å²) >= 11 is 0. The van der Waals surface area contributed by atoms with E-state index in [2.05, 4.69) is 48.5 Å². The standard InChI is InChI=1S/C17H22N2O/c1-13-10-16(9-8-14(13)12-18-2)19(3)15-6-5-7-17(11-15)20-4/h5-11,18H,12H2,1-4H3. The lowest BCUT2D eigenvalue weighted by molar-refractivity contribution is 0.415. The SMILES string of the molecule is CNCc1ccc(N(C)c2cccc(OC)c2)cc1C. The third-order valence-electron chi connectivity index (χ3n) is 3.52. The molecule has 0 radical (unpaired) electrons. The first-order valence-electron chi connectivity index (χ1n) is 6.77. The summed E-state index contributed by atoms with van der Waals surface area (Å²) in [5.41, 5.74) is 4.92. The molecule has 3 nitrogen and oxygen atoms in total. The monoisotopic (exact) mass is 270 g/mol. The van der Waals surface area contributed by atoms with Gasteiger partial charge >= 0.3 is 0 Å². The van der Waals surface area contributed by atoms with Crippen LogP contribution in [0.5, 0.6) is 5.75 Å². The molecule has 2 rings (SSSR count). The number of ether oxygens (including phenoxy) is 1. The van der Waals surface area contributed by atoms with Gasteiger partial charge in [-0.05, 0) is 49.4 Å². The van der Waals surface area contributed by atoms with E-state index < -0.39 is 0 Å². The number of rotatable bonds is 5. The van der Waals surface area contributed by atoms with Gasteiger partial charge in [0.2, 0.25) is 0 Å². The summed E-state index contributed by atoms with van der Waals surface area (Å²) in [4.78, 5) is 2.17. The molecule has 0 aliphatic carbocycles. The van der Waals surface area contributed by atoms with E-state index in [1.54, 1.807) is 7.11 Å². The number of hydrogen-bond acceptors (Lipinski definition) is 3. The van der Waals surface area contributed by atoms with Crippen molar-refractivity contribution in [2.45, 2.75) is 13.5 Å². The van der Waals surface area contributed by atoms with Crippen LogP contribution in [0, 0.1) is 6.92 Å². The first kappa shape index (κ1) is 14.4. The molecule has 0 saturated carbocycles. The highest BCUT2D eigenvalue weighted by Crippen LogP contribution is 2.28. The molecular formula is C17H22N2O. The van der Waals surface area contributed by atoms with Crippen LogP contribution in [-0.4, -0.2) is 21.2 Å². The highest BCUT2D eigenvalue weighted by atomic mass is 16.5. The maximum atomic E-state index is 5.28. The van der Waals surface area contributed by atoms with Crippen LogP contribution < -0.4 is 15.0 Å². The maximum Gasteiger partial charge on any atom is 0.120 e. The van der Waals surface area contributed by atoms with Crippen molar-refractivity contribution < 1.29 is 4.74 Å². The van der Waals surface area contributed by atoms with Crippen molar-refractivity contribution in [1.29, 1.82) is 0 Å². The molecule has 0 aliphatic heterocycles. The van der Waals surface area contributed by atoms with Crippen LogP contribution in [0.3, 0.4) is 0 Å². The number of nitrogens with one attached hydrogen (secondary N) is 1. The average Bonchev–Trinajstić information content (AvgIpc) is 2.49. The molecule has 106 valence electrons. The van der Waals surface area contributed by atoms with Gasteiger partial charge in [-0.25, -0.2) is 0 Å². The average molecular weight is 270 g/mol. The second-order valence-electron chi connectivity index (χ2n) is 4.90. The largest absolute Gasteiger partial charge is 0.497 e. The summed E-state index contributed by atoms with van der Waals surface area (Å²) in [5.74, 6) is 0.873. The van der Waals surface area contributed by atoms with Gasteiger partial charge in [0.1, 0.15) is 5.75 Å². The Morgan fingerprint density at radius 1 is 1.10 bits per heavy atom. The van der Waals surface area contributed by atoms with E-state index in [-0.39, 0.29) is 0 Å². The lowest BCUT2D eigenvalue weighted by Crippen LogP contribution is -2.11. The zero-order valence-corrected chi connectivity index (χ0v) is 12.6. The molecule has 0 aromatic heterocycles. The third kappa shape index (κ3) is 3.11. The zero-order chi connectivity index (χ0) is 14.5. The highest BCUT2D eigenvalue weighted by molar-refractivity contribution is 5.65. The quantitative estimate of drug-likeness (QED) is 0.900. The van der Waals surface area contributed by atoms with Gasteiger partial charge in [-0.2, -0.15) is 0 Å². The van der Waals surface area contributed by atoms with Crippen LogP contribution in [0.1, 0.15) is 11.1 Å². The molecule has 1 N–H and O–H groups in total. The molecule has 0 bridgehead atoms. The Bertz CT molecular complexity index is 581. The van der Waals surface area contributed by atoms with Crippen LogP contribution in [0.15, 0.2) is 42.5 Å². The van der Waals surface area contributed by atoms with Crippen molar-refractivity contribution in [2.75, 3.05) is 26.1 Å². The summed E-state index contributed by atoms with van der Waals surface area (Å²) in [6.45, 7) is 3.05. The first-order chi connectivity index (χ1) is 9.65. The lowest BCUT2D eigenvalue weighted by atomic mass is 10.1. The molecule has 0 spiro atoms. The normalized spacial score (nSPS) is 10.4. The van der Waals surface area contributed by atoms with E-state index in [1.165, 1.54) is 16.8 Å². The molecular weight excluding hydrogens is 248 g/mol. The van der Waals surface area contributed by atoms with E-state index in [0.717, 1.165) is 18.0 Å². The first-order valence-corrected chi connectivity index (χ1v) is 6.77. The summed E-state index contributed by atoms with van der Waals surface area (Å²) in [7, 11) is 5.73. The van der Waals surface area contributed by atoms with Crippen LogP contribution >= 0.6 is 0 Å². The Balaban J connectivity index is 2.28. The van der Waals surface area contributed by atoms with Gasteiger partial charge in [0.15, 0.2) is 0 Å². The summed E-state index contributed by atoms with van der Waals surface area (Å²) < 4.78 is 5.28. The molecule has 2 aromatic rings. The van der Waals surface area contributed by atoms with E-state index in [9.17, 15) is 0 Å². The van der Waals surface area contributed by atoms with Crippen molar-refractivity contribution in [1.82, 2.24) is 5.32 Å². The van der Waals surface area contributed by atoms with Gasteiger partial charge in [-0.15, -0.1) is 0 Å². The van der Waals surface area contributed by atoms with Crippen LogP contribution in [0.4, 0.5) is 11.4 Å². The minimum Gasteiger partial charge on any atom is -0.497 e. The van der Waals surface area contributed by atoms with Gasteiger partial charge in [0, 0.05) is 31.0 Å². The molecule has 3 heteroatoms. The van der Waals surface area contributed by atoms with Crippen molar-refractivity contribution in [2.24, 2.45) is 0 Å². The van der Waals surface area contributed by atoms with Crippen molar-refractivity contribution in [3.05, 3.63) is 53.6 Å². The minimum absolute atomic E-state index is 0.873. The van der Waals surface area contributed by atoms with E-state index in [0.29, 0.717) is 0 Å². The molecule has 0 heterocycles. The molecule has 2 aromatic carbocycles. The van der Waals surface area contributed by atoms with Gasteiger partial charge in [-0.1, -0.05) is 12.1 Å². The Kier molecular flexibility index (Phi) is 4.64. The van der Waals surface area contributed by atoms with Gasteiger partial charge in [0.05, 0.1) is 7.11 Å². The number of benzene rings is 2. The maximum absolute atomic E-state index is 5.28. The summed E-state index contributed by atoms with van der Waals surface area (Å²) in [5, 5.41) is 3.19. The van der Waals surface area contributed by atoms with Crippen molar-refractivity contribution in [3.63, 3.8) is 0 Å². The fraction of sp³-hybridized carbons (Fsp3) is 0.294. The minimum atomic E-state index is 0.873. The van der Waals surface area contributed by atoms with Gasteiger partial charge in [-0.3, -0.25) is 0 Å². The van der Waals surface area contributed by atoms with Crippen molar-refractivity contribution >= 4 is 11.4 Å². The third-order valence-corrected chi connectivity index (χ3v) is 3.52. The molecule has 0 fully saturated rings. The molecule has 0 saturated heterocycles. The van der Waals surface area contributed by atoms with Crippen molar-refractivity contribution in [3.8, 4) is 5.75 Å². The molecule has 0 aliphatic rings. The van der Waals surface area contributed by atoms with Crippen LogP contribution in [0.25, 0.3) is 0 Å². The Labute approximate surface area is 121 Å². The highest BCUT2D eigenvalue weighted by Gasteiger charge is 2.07. The Morgan fingerprint density at radius 2 is 1.85 bits per heavy atom. The van der Waals surface area contributed by atoms with Crippen LogP contribution in [0.2, 0.25) is 0 Å². The van der Waals surface area contributed by atoms with E-state index >= 15 is 0 Å². The predicted molar refractivity (Wildman–Crippen MR) is 85.0 cm³/mol. The number of hydrogen-bond donors (Lipinski definition) is 1. The number of anilines is 2. The molecule has 0 unspecified atom stereocenters. The summed E-state index contributed by atoms with van der Waals surface area (Å²) in [6.07, 6.45) is 0. The van der Waals surface area contributed by atoms with E-state index in [4.69, 9.17) is 4.74 Å². The fourth-order valence-electron chi connectivity index (χ4n) is 2.25. The fourth-order valence-corrected chi connectivity index (χ4v) is 2.25. The number of aryl methyl sites for hydroxylation is 1. The molecule has 20 heavy (non-hydrogen) atoms. The Morgan fingerprint density at radius 3 is 2.50 bits per heavy atom.